The molecule has 1 aromatic carbocycles. The summed E-state index contributed by atoms with van der Waals surface area (Å²) in [5.74, 6) is 0.505. The molecule has 0 atom stereocenters. The highest BCUT2D eigenvalue weighted by molar-refractivity contribution is 6.31. The number of benzene rings is 1. The van der Waals surface area contributed by atoms with Crippen LogP contribution in [0.15, 0.2) is 30.6 Å². The maximum Gasteiger partial charge on any atom is 0.274 e. The van der Waals surface area contributed by atoms with Gasteiger partial charge in [-0.05, 0) is 31.7 Å². The number of hydrogen-bond donors (Lipinski definition) is 1. The van der Waals surface area contributed by atoms with Crippen LogP contribution in [-0.2, 0) is 0 Å². The van der Waals surface area contributed by atoms with Crippen molar-refractivity contribution in [1.82, 2.24) is 19.8 Å². The van der Waals surface area contributed by atoms with Gasteiger partial charge >= 0.3 is 0 Å². The van der Waals surface area contributed by atoms with E-state index in [-0.39, 0.29) is 5.91 Å². The molecule has 1 fully saturated rings. The van der Waals surface area contributed by atoms with Gasteiger partial charge in [-0.25, -0.2) is 9.97 Å². The van der Waals surface area contributed by atoms with Crippen LogP contribution in [0.25, 0.3) is 0 Å². The van der Waals surface area contributed by atoms with Crippen molar-refractivity contribution in [2.24, 2.45) is 0 Å². The lowest BCUT2D eigenvalue weighted by atomic mass is 10.2. The van der Waals surface area contributed by atoms with Gasteiger partial charge in [0.15, 0.2) is 0 Å². The summed E-state index contributed by atoms with van der Waals surface area (Å²) in [6.07, 6.45) is 3.08. The molecule has 1 saturated heterocycles. The summed E-state index contributed by atoms with van der Waals surface area (Å²) in [5.41, 5.74) is 2.21. The summed E-state index contributed by atoms with van der Waals surface area (Å²) >= 11 is 6.11. The fourth-order valence-electron chi connectivity index (χ4n) is 2.49. The molecule has 1 N–H and O–H groups in total. The lowest BCUT2D eigenvalue weighted by Crippen LogP contribution is -2.47. The summed E-state index contributed by atoms with van der Waals surface area (Å²) in [4.78, 5) is 25.0. The number of nitrogens with one attached hydrogen (secondary N) is 1. The zero-order valence-corrected chi connectivity index (χ0v) is 14.5. The summed E-state index contributed by atoms with van der Waals surface area (Å²) in [6, 6.07) is 5.69. The van der Waals surface area contributed by atoms with E-state index in [4.69, 9.17) is 11.6 Å². The van der Waals surface area contributed by atoms with Crippen LogP contribution in [0.5, 0.6) is 0 Å². The Kier molecular flexibility index (Phi) is 4.97. The highest BCUT2D eigenvalue weighted by atomic mass is 35.5. The molecule has 24 heavy (non-hydrogen) atoms. The van der Waals surface area contributed by atoms with Crippen LogP contribution >= 0.6 is 11.6 Å². The Labute approximate surface area is 146 Å². The number of hydrogen-bond acceptors (Lipinski definition) is 5. The van der Waals surface area contributed by atoms with Crippen molar-refractivity contribution in [2.75, 3.05) is 38.5 Å². The Hall–Kier alpha value is -2.18. The van der Waals surface area contributed by atoms with E-state index in [2.05, 4.69) is 27.2 Å². The Bertz CT molecular complexity index is 726. The minimum absolute atomic E-state index is 0.0690. The zero-order valence-electron chi connectivity index (χ0n) is 13.8. The Morgan fingerprint density at radius 1 is 1.17 bits per heavy atom. The number of halogens is 1. The van der Waals surface area contributed by atoms with Crippen LogP contribution in [0.1, 0.15) is 16.1 Å². The van der Waals surface area contributed by atoms with E-state index < -0.39 is 0 Å². The predicted octanol–water partition coefficient (Wildman–Crippen LogP) is 2.57. The predicted molar refractivity (Wildman–Crippen MR) is 94.9 cm³/mol. The van der Waals surface area contributed by atoms with Gasteiger partial charge in [-0.2, -0.15) is 0 Å². The molecule has 6 nitrogen and oxygen atoms in total. The van der Waals surface area contributed by atoms with E-state index in [0.29, 0.717) is 16.5 Å². The second kappa shape index (κ2) is 7.15. The Balaban J connectivity index is 1.66. The first kappa shape index (κ1) is 16.7. The minimum Gasteiger partial charge on any atom is -0.339 e. The van der Waals surface area contributed by atoms with Crippen LogP contribution < -0.4 is 5.32 Å². The molecule has 1 amide bonds. The fourth-order valence-corrected chi connectivity index (χ4v) is 2.67. The van der Waals surface area contributed by atoms with E-state index in [1.807, 2.05) is 30.0 Å². The van der Waals surface area contributed by atoms with Crippen LogP contribution in [-0.4, -0.2) is 58.9 Å². The largest absolute Gasteiger partial charge is 0.339 e. The molecule has 0 unspecified atom stereocenters. The standard InChI is InChI=1S/C17H20ClN5O/c1-12-3-4-13(9-14(12)18)21-16-11-19-15(10-20-16)17(24)23-7-5-22(2)6-8-23/h3-4,9-11H,5-8H2,1-2H3,(H,20,21). The quantitative estimate of drug-likeness (QED) is 0.926. The molecular formula is C17H20ClN5O. The average molecular weight is 346 g/mol. The van der Waals surface area contributed by atoms with Crippen LogP contribution in [0.3, 0.4) is 0 Å². The smallest absolute Gasteiger partial charge is 0.274 e. The number of nitrogens with zero attached hydrogens (tertiary/aromatic N) is 4. The molecule has 3 rings (SSSR count). The van der Waals surface area contributed by atoms with Crippen molar-refractivity contribution >= 4 is 29.0 Å². The lowest BCUT2D eigenvalue weighted by Gasteiger charge is -2.32. The molecule has 0 bridgehead atoms. The fraction of sp³-hybridized carbons (Fsp3) is 0.353. The van der Waals surface area contributed by atoms with Crippen LogP contribution in [0, 0.1) is 6.92 Å². The van der Waals surface area contributed by atoms with Gasteiger partial charge in [0.25, 0.3) is 5.91 Å². The van der Waals surface area contributed by atoms with Gasteiger partial charge in [0, 0.05) is 36.9 Å². The van der Waals surface area contributed by atoms with Gasteiger partial charge in [-0.15, -0.1) is 0 Å². The third-order valence-electron chi connectivity index (χ3n) is 4.11. The maximum atomic E-state index is 12.4. The maximum absolute atomic E-state index is 12.4. The van der Waals surface area contributed by atoms with Gasteiger partial charge < -0.3 is 15.1 Å². The van der Waals surface area contributed by atoms with E-state index in [9.17, 15) is 4.79 Å². The number of likely N-dealkylation sites (N-methyl/N-ethyl adjacent to an activating group) is 1. The molecule has 126 valence electrons. The van der Waals surface area contributed by atoms with E-state index in [1.165, 1.54) is 6.20 Å². The monoisotopic (exact) mass is 345 g/mol. The SMILES string of the molecule is Cc1ccc(Nc2cnc(C(=O)N3CCN(C)CC3)cn2)cc1Cl. The number of carbonyl (C=O) groups excluding carboxylic acids is 1. The average Bonchev–Trinajstić information content (AvgIpc) is 2.59. The van der Waals surface area contributed by atoms with Gasteiger partial charge in [-0.3, -0.25) is 4.79 Å². The zero-order chi connectivity index (χ0) is 17.1. The molecule has 7 heteroatoms. The van der Waals surface area contributed by atoms with E-state index in [1.54, 1.807) is 6.20 Å². The lowest BCUT2D eigenvalue weighted by molar-refractivity contribution is 0.0658. The number of aromatic nitrogens is 2. The molecule has 0 saturated carbocycles. The van der Waals surface area contributed by atoms with Crippen LogP contribution in [0.2, 0.25) is 5.02 Å². The molecule has 0 aliphatic carbocycles. The van der Waals surface area contributed by atoms with Gasteiger partial charge in [-0.1, -0.05) is 17.7 Å². The number of amides is 1. The normalized spacial score (nSPS) is 15.4. The number of anilines is 2. The minimum atomic E-state index is -0.0690. The summed E-state index contributed by atoms with van der Waals surface area (Å²) in [7, 11) is 2.05. The summed E-state index contributed by atoms with van der Waals surface area (Å²) in [5, 5.41) is 3.82. The number of rotatable bonds is 3. The van der Waals surface area contributed by atoms with Crippen molar-refractivity contribution in [1.29, 1.82) is 0 Å². The van der Waals surface area contributed by atoms with Crippen molar-refractivity contribution in [2.45, 2.75) is 6.92 Å². The van der Waals surface area contributed by atoms with Gasteiger partial charge in [0.1, 0.15) is 11.5 Å². The molecule has 0 spiro atoms. The molecule has 2 heterocycles. The number of aryl methyl sites for hydroxylation is 1. The van der Waals surface area contributed by atoms with Gasteiger partial charge in [0.2, 0.25) is 0 Å². The highest BCUT2D eigenvalue weighted by Crippen LogP contribution is 2.22. The summed E-state index contributed by atoms with van der Waals surface area (Å²) < 4.78 is 0. The first-order valence-corrected chi connectivity index (χ1v) is 8.24. The molecule has 1 aliphatic heterocycles. The topological polar surface area (TPSA) is 61.4 Å². The molecule has 0 radical (unpaired) electrons. The molecule has 1 aromatic heterocycles. The van der Waals surface area contributed by atoms with Crippen molar-refractivity contribution in [3.8, 4) is 0 Å². The first-order chi connectivity index (χ1) is 11.5. The third-order valence-corrected chi connectivity index (χ3v) is 4.51. The van der Waals surface area contributed by atoms with E-state index in [0.717, 1.165) is 37.4 Å². The van der Waals surface area contributed by atoms with E-state index >= 15 is 0 Å². The number of piperazine rings is 1. The molecule has 2 aromatic rings. The third kappa shape index (κ3) is 3.83. The van der Waals surface area contributed by atoms with Crippen molar-refractivity contribution in [3.05, 3.63) is 46.9 Å². The molecular weight excluding hydrogens is 326 g/mol. The van der Waals surface area contributed by atoms with Crippen LogP contribution in [0.4, 0.5) is 11.5 Å². The van der Waals surface area contributed by atoms with Gasteiger partial charge in [0.05, 0.1) is 12.4 Å². The molecule has 1 aliphatic rings. The number of carbonyl (C=O) groups is 1. The second-order valence-corrected chi connectivity index (χ2v) is 6.38. The van der Waals surface area contributed by atoms with Crippen molar-refractivity contribution in [3.63, 3.8) is 0 Å². The second-order valence-electron chi connectivity index (χ2n) is 5.97. The van der Waals surface area contributed by atoms with Crippen molar-refractivity contribution < 1.29 is 4.79 Å². The Morgan fingerprint density at radius 2 is 1.92 bits per heavy atom. The Morgan fingerprint density at radius 3 is 2.54 bits per heavy atom. The first-order valence-electron chi connectivity index (χ1n) is 7.86. The highest BCUT2D eigenvalue weighted by Gasteiger charge is 2.21. The summed E-state index contributed by atoms with van der Waals surface area (Å²) in [6.45, 7) is 5.16.